The van der Waals surface area contributed by atoms with Crippen molar-refractivity contribution in [3.8, 4) is 11.5 Å². The molecule has 4 bridgehead atoms. The van der Waals surface area contributed by atoms with E-state index in [4.69, 9.17) is 42.1 Å². The molecule has 4 aliphatic heterocycles. The molecule has 2 amide bonds. The summed E-state index contributed by atoms with van der Waals surface area (Å²) in [5.74, 6) is 0.481. The molecule has 12 atom stereocenters. The smallest absolute Gasteiger partial charge is 0.264 e. The molecule has 6 aromatic rings. The molecular weight excluding hydrogens is 1300 g/mol. The predicted octanol–water partition coefficient (Wildman–Crippen LogP) is 11.1. The van der Waals surface area contributed by atoms with E-state index in [0.29, 0.717) is 63.7 Å². The summed E-state index contributed by atoms with van der Waals surface area (Å²) in [5, 5.41) is 16.5. The first-order valence-corrected chi connectivity index (χ1v) is 37.8. The second-order valence-electron chi connectivity index (χ2n) is 28.6. The van der Waals surface area contributed by atoms with Crippen molar-refractivity contribution in [2.45, 2.75) is 150 Å². The second-order valence-corrected chi connectivity index (χ2v) is 33.5. The topological polar surface area (TPSA) is 231 Å². The monoisotopic (exact) mass is 1390 g/mol. The van der Waals surface area contributed by atoms with Crippen molar-refractivity contribution in [1.29, 1.82) is 0 Å². The fraction of sp³-hybridized carbons (Fsp3) is 0.528. The Hall–Kier alpha value is -6.82. The van der Waals surface area contributed by atoms with Crippen LogP contribution in [0.4, 0.5) is 11.4 Å². The molecule has 2 saturated carbocycles. The van der Waals surface area contributed by atoms with Crippen LogP contribution in [-0.4, -0.2) is 134 Å². The van der Waals surface area contributed by atoms with Gasteiger partial charge in [0.25, 0.3) is 11.8 Å². The molecule has 2 N–H and O–H groups in total. The van der Waals surface area contributed by atoms with Crippen molar-refractivity contribution >= 4 is 66.4 Å². The van der Waals surface area contributed by atoms with Crippen molar-refractivity contribution in [3.63, 3.8) is 0 Å². The van der Waals surface area contributed by atoms with E-state index in [-0.39, 0.29) is 57.5 Å². The summed E-state index contributed by atoms with van der Waals surface area (Å²) in [4.78, 5) is 31.8. The number of nitrogens with one attached hydrogen (secondary N) is 2. The first kappa shape index (κ1) is 67.7. The normalized spacial score (nSPS) is 32.2. The number of aryl methyl sites for hydroxylation is 2. The molecule has 0 radical (unpaired) electrons. The van der Waals surface area contributed by atoms with Gasteiger partial charge in [0, 0.05) is 84.8 Å². The number of hydrogen-bond acceptors (Lipinski definition) is 16. The number of benzene rings is 4. The molecule has 0 saturated heterocycles. The molecule has 2 spiro atoms. The second kappa shape index (κ2) is 27.1. The molecule has 8 aliphatic rings. The van der Waals surface area contributed by atoms with Crippen LogP contribution in [0.1, 0.15) is 135 Å². The number of rotatable bonds is 6. The van der Waals surface area contributed by atoms with E-state index < -0.39 is 53.6 Å². The zero-order valence-electron chi connectivity index (χ0n) is 55.5. The highest BCUT2D eigenvalue weighted by Gasteiger charge is 2.52. The van der Waals surface area contributed by atoms with Gasteiger partial charge < -0.3 is 28.7 Å². The van der Waals surface area contributed by atoms with Crippen LogP contribution in [0.3, 0.4) is 0 Å². The number of anilines is 2. The third kappa shape index (κ3) is 13.2. The lowest BCUT2D eigenvalue weighted by Crippen LogP contribution is -2.54. The number of carbonyl (C=O) groups is 2. The average molecular weight is 1390 g/mol. The Balaban J connectivity index is 0.000000174. The van der Waals surface area contributed by atoms with Crippen molar-refractivity contribution in [2.75, 3.05) is 63.4 Å². The molecule has 2 aromatic heterocycles. The van der Waals surface area contributed by atoms with Crippen molar-refractivity contribution in [3.05, 3.63) is 165 Å². The van der Waals surface area contributed by atoms with Gasteiger partial charge in [-0.25, -0.2) is 35.6 Å². The highest BCUT2D eigenvalue weighted by molar-refractivity contribution is 7.91. The minimum Gasteiger partial charge on any atom is -0.490 e. The van der Waals surface area contributed by atoms with Crippen LogP contribution < -0.4 is 28.7 Å². The maximum atomic E-state index is 13.5. The van der Waals surface area contributed by atoms with Gasteiger partial charge in [-0.15, -0.1) is 10.2 Å². The Morgan fingerprint density at radius 1 is 0.583 bits per heavy atom. The van der Waals surface area contributed by atoms with Crippen molar-refractivity contribution in [1.82, 2.24) is 39.4 Å². The SMILES string of the molecule is CO[C@]1(Cn2ccnn2)/C=C/C[C@H](C)[C@@H](C)S(=O)(=O)NC(=O)c2ccc3c(c2)N(C[C@@H]2CC[C@H]21)C[C@@]1(CCCc2cc(Cl)ccc21)CO3.CO[C@]1(Cn2ccnn2)/C=C/C[C@H](C)[C@@H](C)S(=O)(=O)NC(=O)c2ccc3c(c2)N(C[C@@H]2CC[C@H]21)C[C@@]1(CCCc2cc(Cl)ccc21)CO3. The highest BCUT2D eigenvalue weighted by Crippen LogP contribution is 2.52. The number of aromatic nitrogens is 6. The molecule has 4 aliphatic carbocycles. The molecule has 4 aromatic carbocycles. The number of allylic oxidation sites excluding steroid dienone is 2. The van der Waals surface area contributed by atoms with Gasteiger partial charge in [0.05, 0.1) is 60.6 Å². The van der Waals surface area contributed by atoms with E-state index in [1.165, 1.54) is 22.3 Å². The van der Waals surface area contributed by atoms with E-state index in [1.54, 1.807) is 64.7 Å². The molecule has 96 heavy (non-hydrogen) atoms. The highest BCUT2D eigenvalue weighted by atomic mass is 35.5. The summed E-state index contributed by atoms with van der Waals surface area (Å²) in [5.41, 5.74) is 5.27. The van der Waals surface area contributed by atoms with Crippen LogP contribution in [-0.2, 0) is 66.3 Å². The molecule has 512 valence electrons. The van der Waals surface area contributed by atoms with Gasteiger partial charge in [-0.2, -0.15) is 0 Å². The zero-order chi connectivity index (χ0) is 67.4. The minimum atomic E-state index is -3.96. The van der Waals surface area contributed by atoms with Gasteiger partial charge in [0.1, 0.15) is 22.7 Å². The van der Waals surface area contributed by atoms with E-state index in [9.17, 15) is 26.4 Å². The summed E-state index contributed by atoms with van der Waals surface area (Å²) in [6.45, 7) is 11.9. The summed E-state index contributed by atoms with van der Waals surface area (Å²) in [6.07, 6.45) is 26.3. The number of sulfonamides is 2. The van der Waals surface area contributed by atoms with Crippen LogP contribution in [0.15, 0.2) is 122 Å². The molecule has 14 rings (SSSR count). The van der Waals surface area contributed by atoms with E-state index >= 15 is 0 Å². The third-order valence-electron chi connectivity index (χ3n) is 23.0. The molecule has 2 fully saturated rings. The van der Waals surface area contributed by atoms with E-state index in [0.717, 1.165) is 98.7 Å². The first-order chi connectivity index (χ1) is 46.0. The van der Waals surface area contributed by atoms with Crippen LogP contribution in [0.2, 0.25) is 10.0 Å². The number of hydrogen-bond donors (Lipinski definition) is 2. The molecule has 6 heterocycles. The van der Waals surface area contributed by atoms with Gasteiger partial charge >= 0.3 is 0 Å². The minimum absolute atomic E-state index is 0.166. The lowest BCUT2D eigenvalue weighted by Gasteiger charge is -2.50. The zero-order valence-corrected chi connectivity index (χ0v) is 58.7. The Morgan fingerprint density at radius 2 is 1.01 bits per heavy atom. The summed E-state index contributed by atoms with van der Waals surface area (Å²) in [6, 6.07) is 23.0. The maximum Gasteiger partial charge on any atom is 0.264 e. The Kier molecular flexibility index (Phi) is 19.1. The van der Waals surface area contributed by atoms with E-state index in [1.807, 2.05) is 72.0 Å². The lowest BCUT2D eigenvalue weighted by molar-refractivity contribution is -0.0870. The standard InChI is InChI=1S/2C36H44ClN5O5S/c2*1-24-6-4-15-36(46-3,22-42-17-16-38-40-42)31-11-8-28(31)20-41-21-35(14-5-7-26-18-29(37)10-12-30(26)35)23-47-33-13-9-27(19-32(33)41)34(43)39-48(44,45)25(24)2/h2*4,9-10,12-13,15-19,24-25,28,31H,5-8,11,14,20-23H2,1-3H3,(H,39,43)/b2*15-4+/t2*24-,25+,28-,31+,35-,36-/m00/s1. The van der Waals surface area contributed by atoms with Gasteiger partial charge in [0.2, 0.25) is 20.0 Å². The number of fused-ring (bicyclic) bond motifs is 8. The van der Waals surface area contributed by atoms with Crippen molar-refractivity contribution < 1.29 is 45.4 Å². The van der Waals surface area contributed by atoms with Gasteiger partial charge in [0.15, 0.2) is 0 Å². The Labute approximate surface area is 573 Å². The van der Waals surface area contributed by atoms with Crippen LogP contribution in [0.25, 0.3) is 0 Å². The van der Waals surface area contributed by atoms with Gasteiger partial charge in [-0.3, -0.25) is 9.59 Å². The maximum absolute atomic E-state index is 13.5. The molecule has 24 heteroatoms. The largest absolute Gasteiger partial charge is 0.490 e. The summed E-state index contributed by atoms with van der Waals surface area (Å²) in [7, 11) is -4.42. The summed E-state index contributed by atoms with van der Waals surface area (Å²) < 4.78 is 88.4. The first-order valence-electron chi connectivity index (χ1n) is 33.9. The number of carbonyl (C=O) groups excluding carboxylic acids is 2. The number of amides is 2. The van der Waals surface area contributed by atoms with Gasteiger partial charge in [-0.1, -0.05) is 83.9 Å². The number of halogens is 2. The molecular formula is C72H88Cl2N10O10S2. The molecule has 0 unspecified atom stereocenters. The predicted molar refractivity (Wildman–Crippen MR) is 370 cm³/mol. The van der Waals surface area contributed by atoms with Crippen LogP contribution in [0, 0.1) is 35.5 Å². The Bertz CT molecular complexity index is 3900. The third-order valence-corrected chi connectivity index (χ3v) is 27.3. The summed E-state index contributed by atoms with van der Waals surface area (Å²) >= 11 is 12.9. The fourth-order valence-electron chi connectivity index (χ4n) is 16.8. The van der Waals surface area contributed by atoms with E-state index in [2.05, 4.69) is 76.3 Å². The number of methoxy groups -OCH3 is 2. The van der Waals surface area contributed by atoms with Crippen LogP contribution >= 0.6 is 23.2 Å². The lowest BCUT2D eigenvalue weighted by atomic mass is 9.63. The molecule has 20 nitrogen and oxygen atoms in total. The van der Waals surface area contributed by atoms with Gasteiger partial charge in [-0.05, 0) is 209 Å². The quantitative estimate of drug-likeness (QED) is 0.148. The number of nitrogens with zero attached hydrogens (tertiary/aromatic N) is 8. The van der Waals surface area contributed by atoms with Crippen molar-refractivity contribution in [2.24, 2.45) is 35.5 Å². The number of ether oxygens (including phenoxy) is 4. The van der Waals surface area contributed by atoms with Crippen LogP contribution in [0.5, 0.6) is 11.5 Å². The average Bonchev–Trinajstić information content (AvgIpc) is 1.68. The fourth-order valence-corrected chi connectivity index (χ4v) is 19.7. The Morgan fingerprint density at radius 3 is 1.39 bits per heavy atom.